The SMILES string of the molecule is COC(=O)c1ccc(/N=C/C=C/c2ccccc2)cn1. The van der Waals surface area contributed by atoms with Gasteiger partial charge in [-0.2, -0.15) is 0 Å². The van der Waals surface area contributed by atoms with Gasteiger partial charge >= 0.3 is 5.97 Å². The molecule has 0 N–H and O–H groups in total. The quantitative estimate of drug-likeness (QED) is 0.630. The van der Waals surface area contributed by atoms with E-state index in [9.17, 15) is 4.79 Å². The number of hydrogen-bond donors (Lipinski definition) is 0. The molecule has 4 heteroatoms. The monoisotopic (exact) mass is 266 g/mol. The van der Waals surface area contributed by atoms with E-state index >= 15 is 0 Å². The Balaban J connectivity index is 1.98. The van der Waals surface area contributed by atoms with Gasteiger partial charge in [-0.3, -0.25) is 4.99 Å². The molecule has 0 aliphatic heterocycles. The van der Waals surface area contributed by atoms with E-state index in [-0.39, 0.29) is 5.69 Å². The van der Waals surface area contributed by atoms with E-state index in [0.29, 0.717) is 5.69 Å². The predicted molar refractivity (Wildman–Crippen MR) is 79.2 cm³/mol. The van der Waals surface area contributed by atoms with Crippen molar-refractivity contribution >= 4 is 23.9 Å². The van der Waals surface area contributed by atoms with Crippen LogP contribution in [0.3, 0.4) is 0 Å². The van der Waals surface area contributed by atoms with Gasteiger partial charge in [-0.15, -0.1) is 0 Å². The zero-order valence-electron chi connectivity index (χ0n) is 11.1. The first-order chi connectivity index (χ1) is 9.79. The van der Waals surface area contributed by atoms with Crippen molar-refractivity contribution in [3.05, 3.63) is 66.0 Å². The number of rotatable bonds is 4. The van der Waals surface area contributed by atoms with Crippen molar-refractivity contribution in [2.24, 2.45) is 4.99 Å². The number of aliphatic imine (C=N–C) groups is 1. The van der Waals surface area contributed by atoms with Crippen LogP contribution in [-0.4, -0.2) is 24.3 Å². The molecule has 4 nitrogen and oxygen atoms in total. The molecule has 0 saturated heterocycles. The molecular weight excluding hydrogens is 252 g/mol. The Bertz CT molecular complexity index is 617. The number of methoxy groups -OCH3 is 1. The highest BCUT2D eigenvalue weighted by molar-refractivity contribution is 5.87. The highest BCUT2D eigenvalue weighted by Gasteiger charge is 2.05. The zero-order valence-corrected chi connectivity index (χ0v) is 11.1. The third kappa shape index (κ3) is 3.88. The van der Waals surface area contributed by atoms with Crippen LogP contribution in [0.4, 0.5) is 5.69 Å². The van der Waals surface area contributed by atoms with E-state index in [4.69, 9.17) is 0 Å². The van der Waals surface area contributed by atoms with E-state index in [0.717, 1.165) is 5.56 Å². The van der Waals surface area contributed by atoms with E-state index in [1.54, 1.807) is 18.3 Å². The molecule has 0 amide bonds. The van der Waals surface area contributed by atoms with Gasteiger partial charge in [0.25, 0.3) is 0 Å². The summed E-state index contributed by atoms with van der Waals surface area (Å²) in [6.07, 6.45) is 7.02. The number of carbonyl (C=O) groups is 1. The first-order valence-electron chi connectivity index (χ1n) is 6.10. The molecule has 0 fully saturated rings. The second-order valence-corrected chi connectivity index (χ2v) is 3.94. The fraction of sp³-hybridized carbons (Fsp3) is 0.0625. The third-order valence-corrected chi connectivity index (χ3v) is 2.54. The molecule has 0 aliphatic rings. The zero-order chi connectivity index (χ0) is 14.2. The van der Waals surface area contributed by atoms with Crippen LogP contribution in [-0.2, 0) is 4.74 Å². The second-order valence-electron chi connectivity index (χ2n) is 3.94. The average Bonchev–Trinajstić information content (AvgIpc) is 2.52. The molecule has 0 bridgehead atoms. The molecule has 0 radical (unpaired) electrons. The number of nitrogens with zero attached hydrogens (tertiary/aromatic N) is 2. The average molecular weight is 266 g/mol. The Morgan fingerprint density at radius 3 is 2.65 bits per heavy atom. The highest BCUT2D eigenvalue weighted by Crippen LogP contribution is 2.10. The van der Waals surface area contributed by atoms with E-state index in [1.165, 1.54) is 13.3 Å². The van der Waals surface area contributed by atoms with Crippen LogP contribution in [0.2, 0.25) is 0 Å². The number of benzene rings is 1. The van der Waals surface area contributed by atoms with E-state index in [2.05, 4.69) is 14.7 Å². The number of carbonyl (C=O) groups excluding carboxylic acids is 1. The van der Waals surface area contributed by atoms with E-state index in [1.807, 2.05) is 42.5 Å². The van der Waals surface area contributed by atoms with Crippen LogP contribution in [0.25, 0.3) is 6.08 Å². The molecule has 20 heavy (non-hydrogen) atoms. The molecule has 100 valence electrons. The minimum atomic E-state index is -0.454. The molecule has 2 rings (SSSR count). The van der Waals surface area contributed by atoms with Crippen molar-refractivity contribution in [2.75, 3.05) is 7.11 Å². The lowest BCUT2D eigenvalue weighted by atomic mass is 10.2. The van der Waals surface area contributed by atoms with Crippen molar-refractivity contribution in [2.45, 2.75) is 0 Å². The number of pyridine rings is 1. The predicted octanol–water partition coefficient (Wildman–Crippen LogP) is 3.28. The molecule has 0 unspecified atom stereocenters. The van der Waals surface area contributed by atoms with Gasteiger partial charge in [0.1, 0.15) is 5.69 Å². The fourth-order valence-corrected chi connectivity index (χ4v) is 1.54. The normalized spacial score (nSPS) is 11.1. The molecule has 1 heterocycles. The number of esters is 1. The van der Waals surface area contributed by atoms with Crippen LogP contribution in [0.15, 0.2) is 59.7 Å². The van der Waals surface area contributed by atoms with Crippen molar-refractivity contribution < 1.29 is 9.53 Å². The summed E-state index contributed by atoms with van der Waals surface area (Å²) in [5.41, 5.74) is 2.06. The molecule has 1 aromatic heterocycles. The van der Waals surface area contributed by atoms with Gasteiger partial charge in [0, 0.05) is 6.21 Å². The maximum atomic E-state index is 11.2. The topological polar surface area (TPSA) is 51.5 Å². The largest absolute Gasteiger partial charge is 0.464 e. The standard InChI is InChI=1S/C16H14N2O2/c1-20-16(19)15-10-9-14(12-18-15)17-11-5-8-13-6-3-2-4-7-13/h2-12H,1H3/b8-5+,17-11+. The summed E-state index contributed by atoms with van der Waals surface area (Å²) >= 11 is 0. The van der Waals surface area contributed by atoms with Crippen LogP contribution in [0.5, 0.6) is 0 Å². The van der Waals surface area contributed by atoms with Crippen molar-refractivity contribution in [1.29, 1.82) is 0 Å². The number of allylic oxidation sites excluding steroid dienone is 1. The van der Waals surface area contributed by atoms with Gasteiger partial charge in [-0.05, 0) is 23.8 Å². The Morgan fingerprint density at radius 1 is 1.20 bits per heavy atom. The van der Waals surface area contributed by atoms with Crippen molar-refractivity contribution in [3.63, 3.8) is 0 Å². The Morgan fingerprint density at radius 2 is 2.00 bits per heavy atom. The first-order valence-corrected chi connectivity index (χ1v) is 6.10. The maximum Gasteiger partial charge on any atom is 0.356 e. The minimum Gasteiger partial charge on any atom is -0.464 e. The van der Waals surface area contributed by atoms with Gasteiger partial charge in [0.15, 0.2) is 0 Å². The van der Waals surface area contributed by atoms with E-state index < -0.39 is 5.97 Å². The van der Waals surface area contributed by atoms with Crippen LogP contribution < -0.4 is 0 Å². The molecule has 0 atom stereocenters. The molecule has 0 saturated carbocycles. The molecule has 0 spiro atoms. The summed E-state index contributed by atoms with van der Waals surface area (Å²) in [6, 6.07) is 13.2. The van der Waals surface area contributed by atoms with Gasteiger partial charge in [0.2, 0.25) is 0 Å². The summed E-state index contributed by atoms with van der Waals surface area (Å²) in [6.45, 7) is 0. The Kier molecular flexibility index (Phi) is 4.78. The van der Waals surface area contributed by atoms with Gasteiger partial charge in [-0.25, -0.2) is 9.78 Å². The molecule has 2 aromatic rings. The molecule has 0 aliphatic carbocycles. The number of aromatic nitrogens is 1. The van der Waals surface area contributed by atoms with Crippen molar-refractivity contribution in [3.8, 4) is 0 Å². The van der Waals surface area contributed by atoms with Crippen LogP contribution in [0.1, 0.15) is 16.1 Å². The minimum absolute atomic E-state index is 0.270. The molecule has 1 aromatic carbocycles. The third-order valence-electron chi connectivity index (χ3n) is 2.54. The summed E-state index contributed by atoms with van der Waals surface area (Å²) in [7, 11) is 1.32. The smallest absolute Gasteiger partial charge is 0.356 e. The Labute approximate surface area is 117 Å². The van der Waals surface area contributed by atoms with Crippen molar-refractivity contribution in [1.82, 2.24) is 4.98 Å². The van der Waals surface area contributed by atoms with Gasteiger partial charge in [-0.1, -0.05) is 36.4 Å². The molecular formula is C16H14N2O2. The lowest BCUT2D eigenvalue weighted by Crippen LogP contribution is -2.02. The fourth-order valence-electron chi connectivity index (χ4n) is 1.54. The summed E-state index contributed by atoms with van der Waals surface area (Å²) < 4.78 is 4.57. The summed E-state index contributed by atoms with van der Waals surface area (Å²) in [5.74, 6) is -0.454. The Hall–Kier alpha value is -2.75. The lowest BCUT2D eigenvalue weighted by Gasteiger charge is -1.97. The van der Waals surface area contributed by atoms with Crippen LogP contribution >= 0.6 is 0 Å². The highest BCUT2D eigenvalue weighted by atomic mass is 16.5. The first kappa shape index (κ1) is 13.7. The summed E-state index contributed by atoms with van der Waals surface area (Å²) in [4.78, 5) is 19.4. The number of hydrogen-bond acceptors (Lipinski definition) is 4. The van der Waals surface area contributed by atoms with Gasteiger partial charge < -0.3 is 4.74 Å². The number of ether oxygens (including phenoxy) is 1. The van der Waals surface area contributed by atoms with Gasteiger partial charge in [0.05, 0.1) is 19.0 Å². The lowest BCUT2D eigenvalue weighted by molar-refractivity contribution is 0.0594. The maximum absolute atomic E-state index is 11.2. The summed E-state index contributed by atoms with van der Waals surface area (Å²) in [5, 5.41) is 0. The van der Waals surface area contributed by atoms with Crippen LogP contribution in [0, 0.1) is 0 Å². The second kappa shape index (κ2) is 6.99.